The monoisotopic (exact) mass is 237 g/mol. The predicted octanol–water partition coefficient (Wildman–Crippen LogP) is 4.47. The Morgan fingerprint density at radius 1 is 1.00 bits per heavy atom. The van der Waals surface area contributed by atoms with Crippen LogP contribution < -0.4 is 0 Å². The van der Waals surface area contributed by atoms with Crippen molar-refractivity contribution in [2.75, 3.05) is 13.1 Å². The maximum atomic E-state index is 2.68. The van der Waals surface area contributed by atoms with Gasteiger partial charge in [-0.25, -0.2) is 0 Å². The molecular weight excluding hydrogens is 206 g/mol. The quantitative estimate of drug-likeness (QED) is 0.650. The van der Waals surface area contributed by atoms with Crippen LogP contribution in [-0.2, 0) is 0 Å². The molecule has 0 N–H and O–H groups in total. The Hall–Kier alpha value is -0.0400. The van der Waals surface area contributed by atoms with Crippen LogP contribution in [0.3, 0.4) is 0 Å². The minimum atomic E-state index is 0.377. The van der Waals surface area contributed by atoms with Gasteiger partial charge in [0, 0.05) is 5.54 Å². The summed E-state index contributed by atoms with van der Waals surface area (Å²) in [7, 11) is 0. The SMILES string of the molecule is CCC1CCC2(CC1)CCN(C(C)(C)C)CC2. The Labute approximate surface area is 108 Å². The van der Waals surface area contributed by atoms with E-state index in [1.165, 1.54) is 58.0 Å². The summed E-state index contributed by atoms with van der Waals surface area (Å²) in [5.74, 6) is 1.04. The van der Waals surface area contributed by atoms with E-state index < -0.39 is 0 Å². The van der Waals surface area contributed by atoms with Crippen LogP contribution in [-0.4, -0.2) is 23.5 Å². The van der Waals surface area contributed by atoms with Crippen molar-refractivity contribution in [3.8, 4) is 0 Å². The van der Waals surface area contributed by atoms with Crippen molar-refractivity contribution in [2.45, 2.75) is 78.2 Å². The molecule has 1 saturated carbocycles. The zero-order chi connectivity index (χ0) is 12.5. The van der Waals surface area contributed by atoms with Crippen molar-refractivity contribution >= 4 is 0 Å². The molecule has 1 saturated heterocycles. The lowest BCUT2D eigenvalue weighted by atomic mass is 9.65. The molecule has 2 fully saturated rings. The van der Waals surface area contributed by atoms with E-state index >= 15 is 0 Å². The molecule has 0 aromatic heterocycles. The van der Waals surface area contributed by atoms with Crippen LogP contribution in [0.15, 0.2) is 0 Å². The second-order valence-corrected chi connectivity index (χ2v) is 7.51. The highest BCUT2D eigenvalue weighted by Gasteiger charge is 2.39. The van der Waals surface area contributed by atoms with E-state index in [0.717, 1.165) is 11.3 Å². The third-order valence-corrected chi connectivity index (χ3v) is 5.52. The Balaban J connectivity index is 1.87. The second kappa shape index (κ2) is 4.91. The summed E-state index contributed by atoms with van der Waals surface area (Å²) >= 11 is 0. The summed E-state index contributed by atoms with van der Waals surface area (Å²) in [6.07, 6.45) is 10.4. The Bertz CT molecular complexity index is 233. The summed E-state index contributed by atoms with van der Waals surface area (Å²) in [4.78, 5) is 2.68. The molecule has 0 bridgehead atoms. The summed E-state index contributed by atoms with van der Waals surface area (Å²) < 4.78 is 0. The van der Waals surface area contributed by atoms with Crippen LogP contribution in [0.1, 0.15) is 72.6 Å². The molecule has 0 atom stereocenters. The number of nitrogens with zero attached hydrogens (tertiary/aromatic N) is 1. The Morgan fingerprint density at radius 3 is 1.94 bits per heavy atom. The van der Waals surface area contributed by atoms with Gasteiger partial charge in [0.05, 0.1) is 0 Å². The van der Waals surface area contributed by atoms with Crippen molar-refractivity contribution < 1.29 is 0 Å². The van der Waals surface area contributed by atoms with Crippen LogP contribution in [0.2, 0.25) is 0 Å². The molecule has 17 heavy (non-hydrogen) atoms. The van der Waals surface area contributed by atoms with Crippen LogP contribution in [0, 0.1) is 11.3 Å². The highest BCUT2D eigenvalue weighted by Crippen LogP contribution is 2.47. The third kappa shape index (κ3) is 3.05. The average Bonchev–Trinajstić information content (AvgIpc) is 2.29. The minimum Gasteiger partial charge on any atom is -0.298 e. The Kier molecular flexibility index (Phi) is 3.87. The minimum absolute atomic E-state index is 0.377. The fourth-order valence-corrected chi connectivity index (χ4v) is 3.85. The van der Waals surface area contributed by atoms with Gasteiger partial charge < -0.3 is 0 Å². The van der Waals surface area contributed by atoms with E-state index in [2.05, 4.69) is 32.6 Å². The first-order valence-corrected chi connectivity index (χ1v) is 7.70. The number of piperidine rings is 1. The van der Waals surface area contributed by atoms with Crippen molar-refractivity contribution in [2.24, 2.45) is 11.3 Å². The molecule has 1 heteroatoms. The van der Waals surface area contributed by atoms with E-state index in [4.69, 9.17) is 0 Å². The molecule has 2 rings (SSSR count). The lowest BCUT2D eigenvalue weighted by molar-refractivity contribution is 0.0128. The lowest BCUT2D eigenvalue weighted by Crippen LogP contribution is -2.49. The van der Waals surface area contributed by atoms with Gasteiger partial charge in [-0.2, -0.15) is 0 Å². The fourth-order valence-electron chi connectivity index (χ4n) is 3.85. The Morgan fingerprint density at radius 2 is 1.53 bits per heavy atom. The summed E-state index contributed by atoms with van der Waals surface area (Å²) in [5.41, 5.74) is 1.12. The number of hydrogen-bond donors (Lipinski definition) is 0. The third-order valence-electron chi connectivity index (χ3n) is 5.52. The maximum absolute atomic E-state index is 2.68. The highest BCUT2D eigenvalue weighted by molar-refractivity contribution is 4.92. The number of likely N-dealkylation sites (tertiary alicyclic amines) is 1. The second-order valence-electron chi connectivity index (χ2n) is 7.51. The molecule has 2 aliphatic rings. The van der Waals surface area contributed by atoms with Gasteiger partial charge in [0.2, 0.25) is 0 Å². The van der Waals surface area contributed by atoms with E-state index in [1.54, 1.807) is 0 Å². The van der Waals surface area contributed by atoms with Gasteiger partial charge >= 0.3 is 0 Å². The van der Waals surface area contributed by atoms with Crippen LogP contribution in [0.4, 0.5) is 0 Å². The maximum Gasteiger partial charge on any atom is 0.0125 e. The molecule has 1 spiro atoms. The largest absolute Gasteiger partial charge is 0.298 e. The molecule has 0 amide bonds. The van der Waals surface area contributed by atoms with Crippen LogP contribution in [0.5, 0.6) is 0 Å². The first-order valence-electron chi connectivity index (χ1n) is 7.70. The molecule has 1 heterocycles. The zero-order valence-corrected chi connectivity index (χ0v) is 12.4. The normalized spacial score (nSPS) is 27.5. The molecule has 0 aromatic carbocycles. The van der Waals surface area contributed by atoms with Crippen molar-refractivity contribution in [3.05, 3.63) is 0 Å². The smallest absolute Gasteiger partial charge is 0.0125 e. The molecule has 0 aromatic rings. The first-order chi connectivity index (χ1) is 7.95. The average molecular weight is 237 g/mol. The highest BCUT2D eigenvalue weighted by atomic mass is 15.2. The molecular formula is C16H31N. The zero-order valence-electron chi connectivity index (χ0n) is 12.4. The van der Waals surface area contributed by atoms with Gasteiger partial charge in [-0.15, -0.1) is 0 Å². The van der Waals surface area contributed by atoms with Gasteiger partial charge in [0.1, 0.15) is 0 Å². The van der Waals surface area contributed by atoms with Gasteiger partial charge in [0.15, 0.2) is 0 Å². The van der Waals surface area contributed by atoms with Crippen LogP contribution >= 0.6 is 0 Å². The molecule has 1 nitrogen and oxygen atoms in total. The van der Waals surface area contributed by atoms with Gasteiger partial charge in [-0.05, 0) is 83.7 Å². The predicted molar refractivity (Wildman–Crippen MR) is 75.2 cm³/mol. The molecule has 0 radical (unpaired) electrons. The molecule has 100 valence electrons. The number of rotatable bonds is 1. The van der Waals surface area contributed by atoms with Crippen molar-refractivity contribution in [1.29, 1.82) is 0 Å². The van der Waals surface area contributed by atoms with E-state index in [9.17, 15) is 0 Å². The van der Waals surface area contributed by atoms with E-state index in [-0.39, 0.29) is 0 Å². The topological polar surface area (TPSA) is 3.24 Å². The van der Waals surface area contributed by atoms with E-state index in [0.29, 0.717) is 5.54 Å². The molecule has 1 aliphatic heterocycles. The van der Waals surface area contributed by atoms with E-state index in [1.807, 2.05) is 0 Å². The fraction of sp³-hybridized carbons (Fsp3) is 1.00. The first kappa shape index (κ1) is 13.4. The van der Waals surface area contributed by atoms with Crippen molar-refractivity contribution in [3.63, 3.8) is 0 Å². The number of hydrogen-bond acceptors (Lipinski definition) is 1. The molecule has 1 aliphatic carbocycles. The molecule has 0 unspecified atom stereocenters. The van der Waals surface area contributed by atoms with Crippen molar-refractivity contribution in [1.82, 2.24) is 4.90 Å². The summed E-state index contributed by atoms with van der Waals surface area (Å²) in [5, 5.41) is 0. The van der Waals surface area contributed by atoms with Gasteiger partial charge in [0.25, 0.3) is 0 Å². The lowest BCUT2D eigenvalue weighted by Gasteiger charge is -2.49. The van der Waals surface area contributed by atoms with Gasteiger partial charge in [-0.1, -0.05) is 13.3 Å². The van der Waals surface area contributed by atoms with Crippen LogP contribution in [0.25, 0.3) is 0 Å². The van der Waals surface area contributed by atoms with Gasteiger partial charge in [-0.3, -0.25) is 4.90 Å². The standard InChI is InChI=1S/C16H31N/c1-5-14-6-8-16(9-7-14)10-12-17(13-11-16)15(2,3)4/h14H,5-13H2,1-4H3. The summed E-state index contributed by atoms with van der Waals surface area (Å²) in [6.45, 7) is 12.1. The summed E-state index contributed by atoms with van der Waals surface area (Å²) in [6, 6.07) is 0.